The quantitative estimate of drug-likeness (QED) is 0.739. The van der Waals surface area contributed by atoms with Crippen LogP contribution in [0.2, 0.25) is 0 Å². The third-order valence-corrected chi connectivity index (χ3v) is 6.10. The lowest BCUT2D eigenvalue weighted by molar-refractivity contribution is -0.124. The molecule has 2 aromatic rings. The van der Waals surface area contributed by atoms with Gasteiger partial charge in [0.05, 0.1) is 11.8 Å². The first kappa shape index (κ1) is 20.1. The predicted molar refractivity (Wildman–Crippen MR) is 111 cm³/mol. The summed E-state index contributed by atoms with van der Waals surface area (Å²) in [7, 11) is -3.30. The molecule has 0 N–H and O–H groups in total. The van der Waals surface area contributed by atoms with Gasteiger partial charge >= 0.3 is 0 Å². The van der Waals surface area contributed by atoms with E-state index in [0.29, 0.717) is 17.4 Å². The third-order valence-electron chi connectivity index (χ3n) is 4.72. The fourth-order valence-electron chi connectivity index (χ4n) is 3.17. The van der Waals surface area contributed by atoms with Gasteiger partial charge in [0, 0.05) is 11.1 Å². The fraction of sp³-hybridized carbons (Fsp3) is 0.318. The Morgan fingerprint density at radius 1 is 1.04 bits per heavy atom. The molecule has 0 unspecified atom stereocenters. The summed E-state index contributed by atoms with van der Waals surface area (Å²) in [4.78, 5) is 14.8. The summed E-state index contributed by atoms with van der Waals surface area (Å²) in [5.41, 5.74) is 1.81. The Bertz CT molecular complexity index is 950. The first-order valence-electron chi connectivity index (χ1n) is 9.32. The molecule has 2 aromatic carbocycles. The number of benzene rings is 2. The molecule has 0 saturated carbocycles. The second-order valence-corrected chi connectivity index (χ2v) is 9.18. The van der Waals surface area contributed by atoms with Crippen molar-refractivity contribution in [3.05, 3.63) is 71.6 Å². The number of carbonyl (C=O) groups is 1. The molecule has 0 aromatic heterocycles. The first-order valence-corrected chi connectivity index (χ1v) is 11.0. The Balaban J connectivity index is 1.89. The van der Waals surface area contributed by atoms with E-state index in [-0.39, 0.29) is 11.7 Å². The summed E-state index contributed by atoms with van der Waals surface area (Å²) in [6.07, 6.45) is 0.808. The number of ether oxygens (including phenoxy) is 1. The number of hydrogen-bond donors (Lipinski definition) is 0. The minimum atomic E-state index is -3.30. The third kappa shape index (κ3) is 4.62. The Morgan fingerprint density at radius 2 is 1.68 bits per heavy atom. The molecule has 28 heavy (non-hydrogen) atoms. The molecule has 0 aliphatic carbocycles. The van der Waals surface area contributed by atoms with Gasteiger partial charge in [-0.3, -0.25) is 4.79 Å². The van der Waals surface area contributed by atoms with Crippen molar-refractivity contribution in [1.29, 1.82) is 0 Å². The molecule has 3 rings (SSSR count). The maximum absolute atomic E-state index is 13.2. The number of amides is 1. The second kappa shape index (κ2) is 8.19. The highest BCUT2D eigenvalue weighted by atomic mass is 32.2. The lowest BCUT2D eigenvalue weighted by Gasteiger charge is -2.30. The summed E-state index contributed by atoms with van der Waals surface area (Å²) in [6.45, 7) is 5.87. The number of sulfone groups is 1. The number of nitrogens with zero attached hydrogens (tertiary/aromatic N) is 1. The molecule has 1 amide bonds. The molecular weight excluding hydrogens is 374 g/mol. The zero-order valence-electron chi connectivity index (χ0n) is 16.3. The van der Waals surface area contributed by atoms with E-state index in [1.54, 1.807) is 25.1 Å². The predicted octanol–water partition coefficient (Wildman–Crippen LogP) is 3.92. The molecule has 0 saturated heterocycles. The molecule has 0 radical (unpaired) electrons. The summed E-state index contributed by atoms with van der Waals surface area (Å²) >= 11 is 0. The summed E-state index contributed by atoms with van der Waals surface area (Å²) in [5.74, 6) is 0.550. The zero-order chi connectivity index (χ0) is 20.3. The Hall–Kier alpha value is -2.60. The lowest BCUT2D eigenvalue weighted by Crippen LogP contribution is -2.47. The van der Waals surface area contributed by atoms with Crippen molar-refractivity contribution in [1.82, 2.24) is 0 Å². The monoisotopic (exact) mass is 399 g/mol. The highest BCUT2D eigenvalue weighted by Crippen LogP contribution is 2.26. The fourth-order valence-corrected chi connectivity index (χ4v) is 4.44. The van der Waals surface area contributed by atoms with E-state index in [9.17, 15) is 13.2 Å². The van der Waals surface area contributed by atoms with E-state index in [1.165, 1.54) is 10.3 Å². The SMILES string of the molecule is CC(C)c1ccc(N(C(=O)[C@@H](C)Oc2ccccc2)[C@@H]2C=CS(=O)(=O)C2)cc1. The molecule has 148 valence electrons. The van der Waals surface area contributed by atoms with Crippen LogP contribution >= 0.6 is 0 Å². The Labute approximate surface area is 166 Å². The number of rotatable bonds is 6. The average molecular weight is 400 g/mol. The van der Waals surface area contributed by atoms with E-state index >= 15 is 0 Å². The van der Waals surface area contributed by atoms with E-state index < -0.39 is 22.0 Å². The number of carbonyl (C=O) groups excluding carboxylic acids is 1. The highest BCUT2D eigenvalue weighted by Gasteiger charge is 2.34. The molecule has 2 atom stereocenters. The van der Waals surface area contributed by atoms with Gasteiger partial charge in [-0.25, -0.2) is 8.42 Å². The van der Waals surface area contributed by atoms with Crippen molar-refractivity contribution in [3.8, 4) is 5.75 Å². The van der Waals surface area contributed by atoms with Crippen molar-refractivity contribution in [2.75, 3.05) is 10.7 Å². The van der Waals surface area contributed by atoms with Crippen LogP contribution < -0.4 is 9.64 Å². The van der Waals surface area contributed by atoms with Crippen LogP contribution in [-0.4, -0.2) is 32.2 Å². The van der Waals surface area contributed by atoms with Crippen LogP contribution in [0.4, 0.5) is 5.69 Å². The summed E-state index contributed by atoms with van der Waals surface area (Å²) < 4.78 is 29.7. The molecule has 6 heteroatoms. The van der Waals surface area contributed by atoms with Crippen molar-refractivity contribution >= 4 is 21.4 Å². The second-order valence-electron chi connectivity index (χ2n) is 7.25. The van der Waals surface area contributed by atoms with Crippen LogP contribution in [-0.2, 0) is 14.6 Å². The molecule has 1 aliphatic rings. The van der Waals surface area contributed by atoms with Gasteiger partial charge in [0.15, 0.2) is 15.9 Å². The molecular formula is C22H25NO4S. The smallest absolute Gasteiger partial charge is 0.268 e. The van der Waals surface area contributed by atoms with Gasteiger partial charge < -0.3 is 9.64 Å². The van der Waals surface area contributed by atoms with Gasteiger partial charge in [-0.05, 0) is 48.7 Å². The summed E-state index contributed by atoms with van der Waals surface area (Å²) in [6, 6.07) is 16.2. The standard InChI is InChI=1S/C22H25NO4S/c1-16(2)18-9-11-19(12-10-18)23(20-13-14-28(25,26)15-20)22(24)17(3)27-21-7-5-4-6-8-21/h4-14,16-17,20H,15H2,1-3H3/t17-,20-/m1/s1. The zero-order valence-corrected chi connectivity index (χ0v) is 17.1. The molecule has 1 aliphatic heterocycles. The highest BCUT2D eigenvalue weighted by molar-refractivity contribution is 7.94. The minimum Gasteiger partial charge on any atom is -0.481 e. The number of hydrogen-bond acceptors (Lipinski definition) is 4. The van der Waals surface area contributed by atoms with Crippen LogP contribution in [0.5, 0.6) is 5.75 Å². The van der Waals surface area contributed by atoms with Crippen molar-refractivity contribution < 1.29 is 17.9 Å². The first-order chi connectivity index (χ1) is 13.3. The maximum Gasteiger partial charge on any atom is 0.268 e. The van der Waals surface area contributed by atoms with Gasteiger partial charge in [0.25, 0.3) is 5.91 Å². The maximum atomic E-state index is 13.2. The van der Waals surface area contributed by atoms with Crippen molar-refractivity contribution in [2.24, 2.45) is 0 Å². The van der Waals surface area contributed by atoms with Crippen LogP contribution in [0, 0.1) is 0 Å². The van der Waals surface area contributed by atoms with E-state index in [2.05, 4.69) is 13.8 Å². The molecule has 5 nitrogen and oxygen atoms in total. The molecule has 0 fully saturated rings. The number of para-hydroxylation sites is 1. The normalized spacial score (nSPS) is 18.8. The largest absolute Gasteiger partial charge is 0.481 e. The lowest BCUT2D eigenvalue weighted by atomic mass is 10.0. The van der Waals surface area contributed by atoms with E-state index in [1.807, 2.05) is 42.5 Å². The molecule has 0 spiro atoms. The Kier molecular flexibility index (Phi) is 5.89. The van der Waals surface area contributed by atoms with Gasteiger partial charge in [-0.2, -0.15) is 0 Å². The van der Waals surface area contributed by atoms with Crippen LogP contribution in [0.3, 0.4) is 0 Å². The van der Waals surface area contributed by atoms with E-state index in [4.69, 9.17) is 4.74 Å². The van der Waals surface area contributed by atoms with Crippen LogP contribution in [0.15, 0.2) is 66.1 Å². The van der Waals surface area contributed by atoms with Crippen LogP contribution in [0.25, 0.3) is 0 Å². The van der Waals surface area contributed by atoms with E-state index in [0.717, 1.165) is 5.56 Å². The van der Waals surface area contributed by atoms with Gasteiger partial charge in [0.2, 0.25) is 0 Å². The van der Waals surface area contributed by atoms with Crippen molar-refractivity contribution in [3.63, 3.8) is 0 Å². The van der Waals surface area contributed by atoms with Gasteiger partial charge in [-0.1, -0.05) is 44.2 Å². The topological polar surface area (TPSA) is 63.7 Å². The number of anilines is 1. The van der Waals surface area contributed by atoms with Gasteiger partial charge in [0.1, 0.15) is 5.75 Å². The average Bonchev–Trinajstić information content (AvgIpc) is 3.02. The van der Waals surface area contributed by atoms with Gasteiger partial charge in [-0.15, -0.1) is 0 Å². The van der Waals surface area contributed by atoms with Crippen molar-refractivity contribution in [2.45, 2.75) is 38.8 Å². The Morgan fingerprint density at radius 3 is 2.21 bits per heavy atom. The minimum absolute atomic E-state index is 0.122. The summed E-state index contributed by atoms with van der Waals surface area (Å²) in [5, 5.41) is 1.18. The van der Waals surface area contributed by atoms with Crippen LogP contribution in [0.1, 0.15) is 32.3 Å². The molecule has 1 heterocycles. The molecule has 0 bridgehead atoms.